The number of sulfone groups is 1. The van der Waals surface area contributed by atoms with E-state index in [1.165, 1.54) is 0 Å². The molecule has 2 fully saturated rings. The van der Waals surface area contributed by atoms with Crippen LogP contribution < -0.4 is 0 Å². The van der Waals surface area contributed by atoms with Gasteiger partial charge in [-0.15, -0.1) is 0 Å². The van der Waals surface area contributed by atoms with E-state index in [0.717, 1.165) is 19.3 Å². The summed E-state index contributed by atoms with van der Waals surface area (Å²) in [5, 5.41) is -0.149. The predicted molar refractivity (Wildman–Crippen MR) is 64.2 cm³/mol. The van der Waals surface area contributed by atoms with Crippen LogP contribution in [0.2, 0.25) is 0 Å². The van der Waals surface area contributed by atoms with Crippen molar-refractivity contribution in [1.82, 2.24) is 0 Å². The molecule has 0 radical (unpaired) electrons. The third kappa shape index (κ3) is 1.70. The van der Waals surface area contributed by atoms with E-state index in [0.29, 0.717) is 26.1 Å². The molecule has 0 bridgehead atoms. The molecule has 2 aliphatic rings. The van der Waals surface area contributed by atoms with Crippen LogP contribution in [-0.2, 0) is 14.6 Å². The third-order valence-corrected chi connectivity index (χ3v) is 7.79. The summed E-state index contributed by atoms with van der Waals surface area (Å²) in [5.41, 5.74) is 0. The average Bonchev–Trinajstić information content (AvgIpc) is 2.16. The molecule has 2 rings (SSSR count). The fraction of sp³-hybridized carbons (Fsp3) is 1.00. The molecule has 0 spiro atoms. The van der Waals surface area contributed by atoms with Crippen molar-refractivity contribution in [2.45, 2.75) is 55.9 Å². The predicted octanol–water partition coefficient (Wildman–Crippen LogP) is 2.16. The summed E-state index contributed by atoms with van der Waals surface area (Å²) >= 11 is 0. The largest absolute Gasteiger partial charge is 0.381 e. The van der Waals surface area contributed by atoms with Crippen molar-refractivity contribution in [3.63, 3.8) is 0 Å². The van der Waals surface area contributed by atoms with Crippen molar-refractivity contribution in [3.05, 3.63) is 0 Å². The van der Waals surface area contributed by atoms with E-state index >= 15 is 0 Å². The minimum Gasteiger partial charge on any atom is -0.381 e. The smallest absolute Gasteiger partial charge is 0.159 e. The van der Waals surface area contributed by atoms with Crippen LogP contribution in [0.3, 0.4) is 0 Å². The van der Waals surface area contributed by atoms with Crippen molar-refractivity contribution in [2.75, 3.05) is 13.2 Å². The highest BCUT2D eigenvalue weighted by Gasteiger charge is 2.53. The second kappa shape index (κ2) is 4.30. The SMILES string of the molecule is CC(C)C1(S(=O)(=O)C2CCOCC2)CCC1. The van der Waals surface area contributed by atoms with Gasteiger partial charge >= 0.3 is 0 Å². The molecule has 1 saturated heterocycles. The van der Waals surface area contributed by atoms with Gasteiger partial charge < -0.3 is 4.74 Å². The molecule has 16 heavy (non-hydrogen) atoms. The molecule has 4 heteroatoms. The second-order valence-corrected chi connectivity index (χ2v) is 8.00. The Hall–Kier alpha value is -0.0900. The number of hydrogen-bond acceptors (Lipinski definition) is 3. The quantitative estimate of drug-likeness (QED) is 0.766. The van der Waals surface area contributed by atoms with E-state index < -0.39 is 14.6 Å². The fourth-order valence-electron chi connectivity index (χ4n) is 3.03. The molecule has 94 valence electrons. The van der Waals surface area contributed by atoms with Gasteiger partial charge in [-0.05, 0) is 31.6 Å². The van der Waals surface area contributed by atoms with Crippen LogP contribution in [0.1, 0.15) is 46.0 Å². The van der Waals surface area contributed by atoms with Crippen molar-refractivity contribution in [1.29, 1.82) is 0 Å². The zero-order valence-electron chi connectivity index (χ0n) is 10.2. The Kier molecular flexibility index (Phi) is 3.32. The average molecular weight is 246 g/mol. The maximum Gasteiger partial charge on any atom is 0.159 e. The normalized spacial score (nSPS) is 26.7. The van der Waals surface area contributed by atoms with E-state index in [1.807, 2.05) is 0 Å². The summed E-state index contributed by atoms with van der Waals surface area (Å²) in [6, 6.07) is 0. The standard InChI is InChI=1S/C12H22O3S/c1-10(2)12(6-3-7-12)16(13,14)11-4-8-15-9-5-11/h10-11H,3-9H2,1-2H3. The molecular formula is C12H22O3S. The molecule has 3 nitrogen and oxygen atoms in total. The van der Waals surface area contributed by atoms with Crippen molar-refractivity contribution in [2.24, 2.45) is 5.92 Å². The van der Waals surface area contributed by atoms with E-state index in [1.54, 1.807) is 0 Å². The molecule has 1 aliphatic heterocycles. The molecule has 1 saturated carbocycles. The minimum atomic E-state index is -2.97. The molecule has 0 unspecified atom stereocenters. The lowest BCUT2D eigenvalue weighted by atomic mass is 9.76. The topological polar surface area (TPSA) is 43.4 Å². The molecule has 0 amide bonds. The Morgan fingerprint density at radius 3 is 2.12 bits per heavy atom. The first-order chi connectivity index (χ1) is 7.51. The molecule has 0 aromatic carbocycles. The molecule has 1 heterocycles. The fourth-order valence-corrected chi connectivity index (χ4v) is 6.03. The van der Waals surface area contributed by atoms with Crippen LogP contribution in [0.15, 0.2) is 0 Å². The molecule has 1 aliphatic carbocycles. The van der Waals surface area contributed by atoms with Gasteiger partial charge in [-0.1, -0.05) is 20.3 Å². The molecule has 0 aromatic rings. The number of hydrogen-bond donors (Lipinski definition) is 0. The van der Waals surface area contributed by atoms with Crippen molar-refractivity contribution < 1.29 is 13.2 Å². The van der Waals surface area contributed by atoms with E-state index in [-0.39, 0.29) is 11.2 Å². The third-order valence-electron chi connectivity index (χ3n) is 4.43. The minimum absolute atomic E-state index is 0.149. The summed E-state index contributed by atoms with van der Waals surface area (Å²) < 4.78 is 30.2. The lowest BCUT2D eigenvalue weighted by Crippen LogP contribution is -2.54. The van der Waals surface area contributed by atoms with Gasteiger partial charge in [-0.2, -0.15) is 0 Å². The number of ether oxygens (including phenoxy) is 1. The maximum absolute atomic E-state index is 12.7. The molecule has 0 aromatic heterocycles. The Balaban J connectivity index is 2.22. The van der Waals surface area contributed by atoms with Crippen LogP contribution in [-0.4, -0.2) is 31.6 Å². The van der Waals surface area contributed by atoms with Gasteiger partial charge in [0.15, 0.2) is 9.84 Å². The second-order valence-electron chi connectivity index (χ2n) is 5.43. The Bertz CT molecular complexity index is 335. The first kappa shape index (κ1) is 12.4. The molecule has 0 N–H and O–H groups in total. The Morgan fingerprint density at radius 1 is 1.19 bits per heavy atom. The van der Waals surface area contributed by atoms with Crippen LogP contribution in [0, 0.1) is 5.92 Å². The monoisotopic (exact) mass is 246 g/mol. The van der Waals surface area contributed by atoms with Crippen LogP contribution >= 0.6 is 0 Å². The lowest BCUT2D eigenvalue weighted by molar-refractivity contribution is 0.0968. The highest BCUT2D eigenvalue weighted by Crippen LogP contribution is 2.47. The summed E-state index contributed by atoms with van der Waals surface area (Å²) in [5.74, 6) is 0.245. The van der Waals surface area contributed by atoms with E-state index in [4.69, 9.17) is 4.74 Å². The zero-order valence-corrected chi connectivity index (χ0v) is 11.1. The zero-order chi connectivity index (χ0) is 11.8. The summed E-state index contributed by atoms with van der Waals surface area (Å²) in [6.07, 6.45) is 4.18. The van der Waals surface area contributed by atoms with Crippen LogP contribution in [0.25, 0.3) is 0 Å². The van der Waals surface area contributed by atoms with Crippen LogP contribution in [0.4, 0.5) is 0 Å². The van der Waals surface area contributed by atoms with Gasteiger partial charge in [0.2, 0.25) is 0 Å². The van der Waals surface area contributed by atoms with Crippen LogP contribution in [0.5, 0.6) is 0 Å². The number of rotatable bonds is 3. The van der Waals surface area contributed by atoms with E-state index in [9.17, 15) is 8.42 Å². The van der Waals surface area contributed by atoms with Crippen molar-refractivity contribution in [3.8, 4) is 0 Å². The highest BCUT2D eigenvalue weighted by molar-refractivity contribution is 7.93. The molecular weight excluding hydrogens is 224 g/mol. The van der Waals surface area contributed by atoms with Gasteiger partial charge in [0.25, 0.3) is 0 Å². The van der Waals surface area contributed by atoms with Crippen molar-refractivity contribution >= 4 is 9.84 Å². The Labute approximate surface area is 98.5 Å². The van der Waals surface area contributed by atoms with Gasteiger partial charge in [0.1, 0.15) is 0 Å². The highest BCUT2D eigenvalue weighted by atomic mass is 32.2. The molecule has 0 atom stereocenters. The lowest BCUT2D eigenvalue weighted by Gasteiger charge is -2.47. The first-order valence-corrected chi connectivity index (χ1v) is 7.86. The summed E-state index contributed by atoms with van der Waals surface area (Å²) in [6.45, 7) is 5.32. The van der Waals surface area contributed by atoms with Gasteiger partial charge in [0.05, 0.1) is 10.00 Å². The summed E-state index contributed by atoms with van der Waals surface area (Å²) in [4.78, 5) is 0. The first-order valence-electron chi connectivity index (χ1n) is 6.32. The Morgan fingerprint density at radius 2 is 1.75 bits per heavy atom. The maximum atomic E-state index is 12.7. The van der Waals surface area contributed by atoms with Gasteiger partial charge in [-0.25, -0.2) is 8.42 Å². The van der Waals surface area contributed by atoms with E-state index in [2.05, 4.69) is 13.8 Å². The summed E-state index contributed by atoms with van der Waals surface area (Å²) in [7, 11) is -2.97. The van der Waals surface area contributed by atoms with Gasteiger partial charge in [-0.3, -0.25) is 0 Å². The van der Waals surface area contributed by atoms with Gasteiger partial charge in [0, 0.05) is 13.2 Å².